The Balaban J connectivity index is 2.64. The van der Waals surface area contributed by atoms with Crippen LogP contribution in [0.1, 0.15) is 40.2 Å². The number of hydrogen-bond donors (Lipinski definition) is 1. The van der Waals surface area contributed by atoms with Gasteiger partial charge in [0.25, 0.3) is 0 Å². The lowest BCUT2D eigenvalue weighted by Gasteiger charge is -2.22. The molecule has 0 saturated heterocycles. The summed E-state index contributed by atoms with van der Waals surface area (Å²) < 4.78 is 0. The molecule has 0 aliphatic heterocycles. The molecule has 0 heterocycles. The molecule has 0 nitrogen and oxygen atoms in total. The molecule has 17 heavy (non-hydrogen) atoms. The predicted octanol–water partition coefficient (Wildman–Crippen LogP) is 5.03. The maximum Gasteiger partial charge on any atom is 0.00723 e. The smallest absolute Gasteiger partial charge is 0.00723 e. The van der Waals surface area contributed by atoms with Gasteiger partial charge < -0.3 is 0 Å². The third-order valence-corrected chi connectivity index (χ3v) is 5.17. The minimum absolute atomic E-state index is 0.244. The zero-order chi connectivity index (χ0) is 13.1. The molecule has 0 aliphatic carbocycles. The molecule has 1 aromatic rings. The molecule has 0 spiro atoms. The summed E-state index contributed by atoms with van der Waals surface area (Å²) in [4.78, 5) is 1.35. The largest absolute Gasteiger partial charge is 0.179 e. The zero-order valence-electron chi connectivity index (χ0n) is 11.6. The molecule has 0 saturated carbocycles. The molecule has 96 valence electrons. The van der Waals surface area contributed by atoms with Crippen LogP contribution in [0.2, 0.25) is 0 Å². The molecule has 0 unspecified atom stereocenters. The van der Waals surface area contributed by atoms with Crippen molar-refractivity contribution in [3.63, 3.8) is 0 Å². The third kappa shape index (κ3) is 4.97. The van der Waals surface area contributed by atoms with E-state index >= 15 is 0 Å². The summed E-state index contributed by atoms with van der Waals surface area (Å²) in [7, 11) is 0. The highest BCUT2D eigenvalue weighted by atomic mass is 32.2. The summed E-state index contributed by atoms with van der Waals surface area (Å²) in [6.45, 7) is 11.3. The van der Waals surface area contributed by atoms with Gasteiger partial charge in [0.2, 0.25) is 0 Å². The van der Waals surface area contributed by atoms with Gasteiger partial charge in [-0.3, -0.25) is 0 Å². The van der Waals surface area contributed by atoms with Crippen LogP contribution in [-0.4, -0.2) is 11.5 Å². The second kappa shape index (κ2) is 5.71. The molecule has 1 aromatic carbocycles. The second-order valence-electron chi connectivity index (χ2n) is 6.39. The normalized spacial score (nSPS) is 12.8. The monoisotopic (exact) mass is 268 g/mol. The van der Waals surface area contributed by atoms with Crippen LogP contribution in [0.3, 0.4) is 0 Å². The number of benzene rings is 1. The number of thiol groups is 1. The van der Waals surface area contributed by atoms with E-state index in [0.29, 0.717) is 5.41 Å². The highest BCUT2D eigenvalue weighted by molar-refractivity contribution is 7.99. The van der Waals surface area contributed by atoms with Crippen LogP contribution < -0.4 is 0 Å². The van der Waals surface area contributed by atoms with E-state index in [1.165, 1.54) is 10.5 Å². The van der Waals surface area contributed by atoms with Gasteiger partial charge in [-0.15, -0.1) is 11.8 Å². The molecule has 0 atom stereocenters. The molecule has 0 bridgehead atoms. The first-order valence-electron chi connectivity index (χ1n) is 6.09. The van der Waals surface area contributed by atoms with Gasteiger partial charge in [-0.1, -0.05) is 46.8 Å². The molecule has 0 N–H and O–H groups in total. The highest BCUT2D eigenvalue weighted by Crippen LogP contribution is 2.30. The van der Waals surface area contributed by atoms with Crippen LogP contribution in [0.15, 0.2) is 29.2 Å². The molecule has 0 radical (unpaired) electrons. The lowest BCUT2D eigenvalue weighted by atomic mass is 9.87. The van der Waals surface area contributed by atoms with Crippen LogP contribution in [0.4, 0.5) is 0 Å². The Hall–Kier alpha value is -0.0800. The number of thioether (sulfide) groups is 1. The Morgan fingerprint density at radius 1 is 1.00 bits per heavy atom. The lowest BCUT2D eigenvalue weighted by molar-refractivity contribution is 0.493. The molecule has 0 amide bonds. The van der Waals surface area contributed by atoms with E-state index in [2.05, 4.69) is 71.5 Å². The molecular weight excluding hydrogens is 244 g/mol. The third-order valence-electron chi connectivity index (χ3n) is 2.78. The van der Waals surface area contributed by atoms with Gasteiger partial charge in [-0.25, -0.2) is 0 Å². The summed E-state index contributed by atoms with van der Waals surface area (Å²) in [5, 5.41) is 0. The Labute approximate surface area is 116 Å². The van der Waals surface area contributed by atoms with Crippen molar-refractivity contribution in [2.75, 3.05) is 11.5 Å². The summed E-state index contributed by atoms with van der Waals surface area (Å²) in [5.74, 6) is 2.05. The fourth-order valence-electron chi connectivity index (χ4n) is 1.38. The number of rotatable bonds is 4. The van der Waals surface area contributed by atoms with Crippen molar-refractivity contribution in [1.29, 1.82) is 0 Å². The molecule has 0 aliphatic rings. The first-order valence-corrected chi connectivity index (χ1v) is 7.71. The van der Waals surface area contributed by atoms with Gasteiger partial charge in [-0.05, 0) is 34.3 Å². The van der Waals surface area contributed by atoms with Crippen molar-refractivity contribution in [2.24, 2.45) is 5.41 Å². The maximum atomic E-state index is 4.39. The summed E-state index contributed by atoms with van der Waals surface area (Å²) >= 11 is 6.31. The van der Waals surface area contributed by atoms with Crippen LogP contribution >= 0.6 is 24.4 Å². The van der Waals surface area contributed by atoms with E-state index in [0.717, 1.165) is 11.5 Å². The van der Waals surface area contributed by atoms with Gasteiger partial charge in [0.05, 0.1) is 0 Å². The van der Waals surface area contributed by atoms with Crippen molar-refractivity contribution >= 4 is 24.4 Å². The fourth-order valence-corrected chi connectivity index (χ4v) is 2.63. The predicted molar refractivity (Wildman–Crippen MR) is 83.5 cm³/mol. The standard InChI is InChI=1S/C15H24S2/c1-14(2,3)12-6-8-13(9-7-12)17-11-15(4,5)10-16/h6-9,16H,10-11H2,1-5H3. The van der Waals surface area contributed by atoms with Crippen LogP contribution in [0.5, 0.6) is 0 Å². The van der Waals surface area contributed by atoms with Crippen LogP contribution in [0, 0.1) is 5.41 Å². The number of hydrogen-bond acceptors (Lipinski definition) is 2. The van der Waals surface area contributed by atoms with E-state index in [-0.39, 0.29) is 5.41 Å². The van der Waals surface area contributed by atoms with E-state index in [1.807, 2.05) is 11.8 Å². The van der Waals surface area contributed by atoms with Gasteiger partial charge >= 0.3 is 0 Å². The van der Waals surface area contributed by atoms with Gasteiger partial charge in [0.1, 0.15) is 0 Å². The Morgan fingerprint density at radius 2 is 1.53 bits per heavy atom. The summed E-state index contributed by atoms with van der Waals surface area (Å²) in [5.41, 5.74) is 1.94. The lowest BCUT2D eigenvalue weighted by Crippen LogP contribution is -2.16. The molecule has 0 aromatic heterocycles. The van der Waals surface area contributed by atoms with Crippen molar-refractivity contribution in [3.05, 3.63) is 29.8 Å². The maximum absolute atomic E-state index is 4.39. The zero-order valence-corrected chi connectivity index (χ0v) is 13.3. The van der Waals surface area contributed by atoms with Crippen molar-refractivity contribution in [3.8, 4) is 0 Å². The van der Waals surface area contributed by atoms with Crippen molar-refractivity contribution in [1.82, 2.24) is 0 Å². The highest BCUT2D eigenvalue weighted by Gasteiger charge is 2.16. The Bertz CT molecular complexity index is 344. The van der Waals surface area contributed by atoms with E-state index in [4.69, 9.17) is 0 Å². The summed E-state index contributed by atoms with van der Waals surface area (Å²) in [6.07, 6.45) is 0. The fraction of sp³-hybridized carbons (Fsp3) is 0.600. The van der Waals surface area contributed by atoms with Gasteiger partial charge in [0.15, 0.2) is 0 Å². The van der Waals surface area contributed by atoms with Gasteiger partial charge in [0, 0.05) is 10.6 Å². The first-order chi connectivity index (χ1) is 7.74. The molecule has 2 heteroatoms. The first kappa shape index (κ1) is 15.0. The Morgan fingerprint density at radius 3 is 1.94 bits per heavy atom. The van der Waals surface area contributed by atoms with E-state index in [9.17, 15) is 0 Å². The van der Waals surface area contributed by atoms with Crippen LogP contribution in [-0.2, 0) is 5.41 Å². The average molecular weight is 268 g/mol. The average Bonchev–Trinajstić information content (AvgIpc) is 2.26. The second-order valence-corrected chi connectivity index (χ2v) is 7.75. The van der Waals surface area contributed by atoms with Crippen LogP contribution in [0.25, 0.3) is 0 Å². The quantitative estimate of drug-likeness (QED) is 0.590. The molecule has 1 rings (SSSR count). The molecular formula is C15H24S2. The Kier molecular flexibility index (Phi) is 5.03. The SMILES string of the molecule is CC(C)(CS)CSc1ccc(C(C)(C)C)cc1. The molecule has 0 fully saturated rings. The van der Waals surface area contributed by atoms with Crippen molar-refractivity contribution in [2.45, 2.75) is 44.9 Å². The topological polar surface area (TPSA) is 0 Å². The van der Waals surface area contributed by atoms with Crippen molar-refractivity contribution < 1.29 is 0 Å². The van der Waals surface area contributed by atoms with E-state index in [1.54, 1.807) is 0 Å². The van der Waals surface area contributed by atoms with E-state index < -0.39 is 0 Å². The van der Waals surface area contributed by atoms with Gasteiger partial charge in [-0.2, -0.15) is 12.6 Å². The summed E-state index contributed by atoms with van der Waals surface area (Å²) in [6, 6.07) is 8.96. The minimum atomic E-state index is 0.244. The minimum Gasteiger partial charge on any atom is -0.179 e.